The number of nitrogens with one attached hydrogen (secondary N) is 1. The lowest BCUT2D eigenvalue weighted by Crippen LogP contribution is -2.49. The first-order chi connectivity index (χ1) is 16.7. The van der Waals surface area contributed by atoms with Gasteiger partial charge in [0.15, 0.2) is 17.3 Å². The molecule has 35 heavy (non-hydrogen) atoms. The molecule has 0 aromatic heterocycles. The van der Waals surface area contributed by atoms with Crippen LogP contribution in [0.3, 0.4) is 0 Å². The second kappa shape index (κ2) is 9.18. The molecule has 0 saturated heterocycles. The van der Waals surface area contributed by atoms with Crippen molar-refractivity contribution in [2.75, 3.05) is 14.2 Å². The first-order valence-electron chi connectivity index (χ1n) is 11.2. The molecule has 0 spiro atoms. The van der Waals surface area contributed by atoms with Gasteiger partial charge in [-0.05, 0) is 41.7 Å². The van der Waals surface area contributed by atoms with Crippen molar-refractivity contribution in [1.82, 2.24) is 10.4 Å². The number of nitriles is 1. The van der Waals surface area contributed by atoms with E-state index in [1.807, 2.05) is 19.9 Å². The van der Waals surface area contributed by atoms with E-state index in [1.54, 1.807) is 42.5 Å². The Labute approximate surface area is 204 Å². The first-order valence-corrected chi connectivity index (χ1v) is 11.2. The van der Waals surface area contributed by atoms with E-state index in [2.05, 4.69) is 11.5 Å². The molecule has 1 unspecified atom stereocenters. The van der Waals surface area contributed by atoms with Crippen LogP contribution in [0.25, 0.3) is 0 Å². The SMILES string of the molecule is COc1ccc(C2C(C#N)=C(N)N(NC(=O)c3ccccc3)C3=C2C(=O)CC(C)(C)C3)cc1OC. The summed E-state index contributed by atoms with van der Waals surface area (Å²) in [5.41, 5.74) is 11.3. The fraction of sp³-hybridized carbons (Fsp3) is 0.296. The lowest BCUT2D eigenvalue weighted by molar-refractivity contribution is -0.118. The minimum absolute atomic E-state index is 0.0841. The fourth-order valence-corrected chi connectivity index (χ4v) is 4.76. The first kappa shape index (κ1) is 23.9. The topological polar surface area (TPSA) is 118 Å². The number of allylic oxidation sites excluding steroid dienone is 3. The maximum atomic E-state index is 13.5. The summed E-state index contributed by atoms with van der Waals surface area (Å²) in [4.78, 5) is 26.6. The van der Waals surface area contributed by atoms with Crippen molar-refractivity contribution in [3.63, 3.8) is 0 Å². The number of rotatable bonds is 5. The zero-order valence-electron chi connectivity index (χ0n) is 20.2. The Hall–Kier alpha value is -4.25. The molecule has 2 aliphatic rings. The quantitative estimate of drug-likeness (QED) is 0.680. The molecule has 1 aliphatic heterocycles. The number of nitrogens with zero attached hydrogens (tertiary/aromatic N) is 2. The Bertz CT molecular complexity index is 1290. The van der Waals surface area contributed by atoms with Crippen molar-refractivity contribution in [2.45, 2.75) is 32.6 Å². The second-order valence-electron chi connectivity index (χ2n) is 9.40. The van der Waals surface area contributed by atoms with Gasteiger partial charge in [0.1, 0.15) is 5.82 Å². The number of Topliss-reactive ketones (excluding diaryl/α,β-unsaturated/α-hetero) is 1. The van der Waals surface area contributed by atoms with Gasteiger partial charge in [0.25, 0.3) is 5.91 Å². The van der Waals surface area contributed by atoms with Crippen molar-refractivity contribution in [1.29, 1.82) is 5.26 Å². The number of carbonyl (C=O) groups is 2. The second-order valence-corrected chi connectivity index (χ2v) is 9.40. The van der Waals surface area contributed by atoms with Crippen LogP contribution < -0.4 is 20.6 Å². The van der Waals surface area contributed by atoms with E-state index in [-0.39, 0.29) is 22.6 Å². The fourth-order valence-electron chi connectivity index (χ4n) is 4.76. The molecule has 8 nitrogen and oxygen atoms in total. The van der Waals surface area contributed by atoms with Crippen molar-refractivity contribution in [3.05, 3.63) is 82.3 Å². The molecule has 0 radical (unpaired) electrons. The number of ether oxygens (including phenoxy) is 2. The molecule has 0 fully saturated rings. The third kappa shape index (κ3) is 4.33. The molecule has 0 bridgehead atoms. The Kier molecular flexibility index (Phi) is 6.27. The van der Waals surface area contributed by atoms with Crippen LogP contribution in [0.5, 0.6) is 11.5 Å². The maximum absolute atomic E-state index is 13.5. The van der Waals surface area contributed by atoms with Gasteiger partial charge in [-0.3, -0.25) is 15.0 Å². The number of benzene rings is 2. The molecular weight excluding hydrogens is 444 g/mol. The van der Waals surface area contributed by atoms with E-state index < -0.39 is 11.8 Å². The molecule has 1 heterocycles. The molecule has 1 amide bonds. The number of hydrogen-bond acceptors (Lipinski definition) is 7. The summed E-state index contributed by atoms with van der Waals surface area (Å²) in [6.07, 6.45) is 0.807. The summed E-state index contributed by atoms with van der Waals surface area (Å²) in [5.74, 6) is -0.0755. The van der Waals surface area contributed by atoms with Crippen LogP contribution in [-0.2, 0) is 4.79 Å². The molecule has 2 aromatic rings. The summed E-state index contributed by atoms with van der Waals surface area (Å²) in [5, 5.41) is 11.6. The molecule has 1 atom stereocenters. The van der Waals surface area contributed by atoms with Gasteiger partial charge in [-0.25, -0.2) is 5.01 Å². The summed E-state index contributed by atoms with van der Waals surface area (Å²) in [6.45, 7) is 3.99. The van der Waals surface area contributed by atoms with Gasteiger partial charge in [0.05, 0.1) is 37.5 Å². The van der Waals surface area contributed by atoms with Crippen molar-refractivity contribution in [3.8, 4) is 17.6 Å². The summed E-state index contributed by atoms with van der Waals surface area (Å²) in [6, 6.07) is 16.2. The molecule has 180 valence electrons. The summed E-state index contributed by atoms with van der Waals surface area (Å²) < 4.78 is 10.8. The lowest BCUT2D eigenvalue weighted by atomic mass is 9.69. The van der Waals surface area contributed by atoms with Crippen LogP contribution in [0, 0.1) is 16.7 Å². The van der Waals surface area contributed by atoms with Gasteiger partial charge < -0.3 is 15.2 Å². The number of ketones is 1. The van der Waals surface area contributed by atoms with Gasteiger partial charge in [0.2, 0.25) is 0 Å². The Morgan fingerprint density at radius 3 is 2.43 bits per heavy atom. The number of amides is 1. The van der Waals surface area contributed by atoms with Crippen LogP contribution >= 0.6 is 0 Å². The van der Waals surface area contributed by atoms with E-state index in [0.717, 1.165) is 0 Å². The predicted molar refractivity (Wildman–Crippen MR) is 130 cm³/mol. The number of methoxy groups -OCH3 is 2. The summed E-state index contributed by atoms with van der Waals surface area (Å²) >= 11 is 0. The minimum Gasteiger partial charge on any atom is -0.493 e. The Morgan fingerprint density at radius 2 is 1.80 bits per heavy atom. The van der Waals surface area contributed by atoms with Gasteiger partial charge in [-0.2, -0.15) is 5.26 Å². The molecule has 2 aromatic carbocycles. The minimum atomic E-state index is -0.691. The normalized spacial score (nSPS) is 19.1. The zero-order chi connectivity index (χ0) is 25.3. The Balaban J connectivity index is 1.88. The Morgan fingerprint density at radius 1 is 1.11 bits per heavy atom. The van der Waals surface area contributed by atoms with E-state index in [4.69, 9.17) is 15.2 Å². The van der Waals surface area contributed by atoms with Crippen LogP contribution in [-0.4, -0.2) is 30.9 Å². The number of hydrogen-bond donors (Lipinski definition) is 2. The van der Waals surface area contributed by atoms with E-state index in [9.17, 15) is 14.9 Å². The van der Waals surface area contributed by atoms with Gasteiger partial charge in [-0.1, -0.05) is 38.1 Å². The van der Waals surface area contributed by atoms with Crippen LogP contribution in [0.1, 0.15) is 48.5 Å². The maximum Gasteiger partial charge on any atom is 0.270 e. The van der Waals surface area contributed by atoms with Crippen molar-refractivity contribution in [2.24, 2.45) is 11.1 Å². The lowest BCUT2D eigenvalue weighted by Gasteiger charge is -2.43. The number of carbonyl (C=O) groups excluding carboxylic acids is 2. The third-order valence-electron chi connectivity index (χ3n) is 6.37. The van der Waals surface area contributed by atoms with Gasteiger partial charge in [0, 0.05) is 17.6 Å². The molecule has 4 rings (SSSR count). The standard InChI is InChI=1S/C27H28N4O4/c1-27(2)13-19-24(20(32)14-27)23(17-10-11-21(34-3)22(12-17)35-4)18(15-28)25(29)31(19)30-26(33)16-8-6-5-7-9-16/h5-12,23H,13-14,29H2,1-4H3,(H,30,33). The van der Waals surface area contributed by atoms with Crippen LogP contribution in [0.15, 0.2) is 71.2 Å². The highest BCUT2D eigenvalue weighted by Gasteiger charge is 2.45. The molecular formula is C27H28N4O4. The molecule has 1 aliphatic carbocycles. The third-order valence-corrected chi connectivity index (χ3v) is 6.37. The average molecular weight is 473 g/mol. The zero-order valence-corrected chi connectivity index (χ0v) is 20.2. The van der Waals surface area contributed by atoms with E-state index in [1.165, 1.54) is 19.2 Å². The van der Waals surface area contributed by atoms with Crippen LogP contribution in [0.2, 0.25) is 0 Å². The average Bonchev–Trinajstić information content (AvgIpc) is 2.84. The largest absolute Gasteiger partial charge is 0.493 e. The van der Waals surface area contributed by atoms with Crippen LogP contribution in [0.4, 0.5) is 0 Å². The predicted octanol–water partition coefficient (Wildman–Crippen LogP) is 3.79. The molecule has 3 N–H and O–H groups in total. The van der Waals surface area contributed by atoms with E-state index in [0.29, 0.717) is 46.7 Å². The summed E-state index contributed by atoms with van der Waals surface area (Å²) in [7, 11) is 3.06. The monoisotopic (exact) mass is 472 g/mol. The molecule has 0 saturated carbocycles. The highest BCUT2D eigenvalue weighted by atomic mass is 16.5. The van der Waals surface area contributed by atoms with Gasteiger partial charge >= 0.3 is 0 Å². The van der Waals surface area contributed by atoms with Gasteiger partial charge in [-0.15, -0.1) is 0 Å². The number of nitrogens with two attached hydrogens (primary N) is 1. The van der Waals surface area contributed by atoms with E-state index >= 15 is 0 Å². The number of hydrazine groups is 1. The highest BCUT2D eigenvalue weighted by Crippen LogP contribution is 2.49. The van der Waals surface area contributed by atoms with Crippen molar-refractivity contribution < 1.29 is 19.1 Å². The smallest absolute Gasteiger partial charge is 0.270 e. The highest BCUT2D eigenvalue weighted by molar-refractivity contribution is 6.01. The molecule has 8 heteroatoms. The van der Waals surface area contributed by atoms with Crippen molar-refractivity contribution >= 4 is 11.7 Å².